The molecule has 1 atom stereocenters. The molecule has 0 spiro atoms. The Balaban J connectivity index is 2.99. The molecule has 0 bridgehead atoms. The van der Waals surface area contributed by atoms with Crippen molar-refractivity contribution in [2.75, 3.05) is 13.7 Å². The Labute approximate surface area is 84.9 Å². The molecule has 0 aromatic heterocycles. The molecule has 0 radical (unpaired) electrons. The molecular formula is C9H11BrFNO. The van der Waals surface area contributed by atoms with E-state index in [4.69, 9.17) is 5.11 Å². The van der Waals surface area contributed by atoms with Crippen LogP contribution in [0.1, 0.15) is 11.6 Å². The van der Waals surface area contributed by atoms with E-state index in [2.05, 4.69) is 21.2 Å². The molecule has 2 N–H and O–H groups in total. The summed E-state index contributed by atoms with van der Waals surface area (Å²) >= 11 is 3.24. The Kier molecular flexibility index (Phi) is 3.84. The molecular weight excluding hydrogens is 237 g/mol. The van der Waals surface area contributed by atoms with Crippen molar-refractivity contribution in [3.63, 3.8) is 0 Å². The average Bonchev–Trinajstić information content (AvgIpc) is 2.10. The molecule has 2 nitrogen and oxygen atoms in total. The number of hydrogen-bond donors (Lipinski definition) is 2. The zero-order valence-corrected chi connectivity index (χ0v) is 8.81. The van der Waals surface area contributed by atoms with E-state index < -0.39 is 0 Å². The first-order valence-corrected chi connectivity index (χ1v) is 4.71. The first-order valence-electron chi connectivity index (χ1n) is 3.92. The van der Waals surface area contributed by atoms with E-state index in [1.165, 1.54) is 12.1 Å². The fourth-order valence-corrected chi connectivity index (χ4v) is 1.76. The smallest absolute Gasteiger partial charge is 0.124 e. The van der Waals surface area contributed by atoms with Crippen LogP contribution in [0, 0.1) is 5.82 Å². The van der Waals surface area contributed by atoms with Crippen molar-refractivity contribution in [2.24, 2.45) is 0 Å². The van der Waals surface area contributed by atoms with Gasteiger partial charge in [0.15, 0.2) is 0 Å². The second-order valence-electron chi connectivity index (χ2n) is 2.69. The molecule has 0 aliphatic heterocycles. The van der Waals surface area contributed by atoms with Crippen molar-refractivity contribution in [2.45, 2.75) is 6.04 Å². The predicted molar refractivity (Wildman–Crippen MR) is 53.0 cm³/mol. The van der Waals surface area contributed by atoms with E-state index in [1.807, 2.05) is 0 Å². The fourth-order valence-electron chi connectivity index (χ4n) is 1.13. The highest BCUT2D eigenvalue weighted by Gasteiger charge is 2.11. The van der Waals surface area contributed by atoms with E-state index in [9.17, 15) is 4.39 Å². The predicted octanol–water partition coefficient (Wildman–Crippen LogP) is 1.84. The maximum Gasteiger partial charge on any atom is 0.124 e. The van der Waals surface area contributed by atoms with Gasteiger partial charge < -0.3 is 10.4 Å². The highest BCUT2D eigenvalue weighted by Crippen LogP contribution is 2.23. The lowest BCUT2D eigenvalue weighted by atomic mass is 10.1. The van der Waals surface area contributed by atoms with Crippen molar-refractivity contribution in [1.82, 2.24) is 5.32 Å². The summed E-state index contributed by atoms with van der Waals surface area (Å²) < 4.78 is 13.4. The van der Waals surface area contributed by atoms with E-state index in [1.54, 1.807) is 13.1 Å². The molecule has 1 aromatic rings. The Bertz CT molecular complexity index is 289. The second-order valence-corrected chi connectivity index (χ2v) is 3.54. The summed E-state index contributed by atoms with van der Waals surface area (Å²) in [4.78, 5) is 0. The quantitative estimate of drug-likeness (QED) is 0.855. The lowest BCUT2D eigenvalue weighted by Crippen LogP contribution is -2.20. The monoisotopic (exact) mass is 247 g/mol. The van der Waals surface area contributed by atoms with Gasteiger partial charge in [0.05, 0.1) is 12.6 Å². The maximum atomic E-state index is 12.7. The molecule has 0 fully saturated rings. The standard InChI is InChI=1S/C9H11BrFNO/c1-12-9(5-13)7-3-2-6(11)4-8(7)10/h2-4,9,12-13H,5H2,1H3. The van der Waals surface area contributed by atoms with Crippen LogP contribution in [0.3, 0.4) is 0 Å². The number of halogens is 2. The SMILES string of the molecule is CNC(CO)c1ccc(F)cc1Br. The van der Waals surface area contributed by atoms with Gasteiger partial charge >= 0.3 is 0 Å². The molecule has 4 heteroatoms. The fraction of sp³-hybridized carbons (Fsp3) is 0.333. The van der Waals surface area contributed by atoms with Crippen LogP contribution in [0.5, 0.6) is 0 Å². The molecule has 1 rings (SSSR count). The van der Waals surface area contributed by atoms with Crippen LogP contribution in [0.15, 0.2) is 22.7 Å². The molecule has 0 amide bonds. The summed E-state index contributed by atoms with van der Waals surface area (Å²) in [5.74, 6) is -0.289. The van der Waals surface area contributed by atoms with Crippen LogP contribution in [-0.4, -0.2) is 18.8 Å². The Morgan fingerprint density at radius 3 is 2.77 bits per heavy atom. The Morgan fingerprint density at radius 1 is 1.62 bits per heavy atom. The van der Waals surface area contributed by atoms with Crippen molar-refractivity contribution in [3.05, 3.63) is 34.1 Å². The third-order valence-corrected chi connectivity index (χ3v) is 2.56. The highest BCUT2D eigenvalue weighted by molar-refractivity contribution is 9.10. The van der Waals surface area contributed by atoms with Crippen LogP contribution < -0.4 is 5.32 Å². The lowest BCUT2D eigenvalue weighted by Gasteiger charge is -2.14. The molecule has 1 aromatic carbocycles. The molecule has 0 aliphatic rings. The van der Waals surface area contributed by atoms with Crippen LogP contribution in [0.25, 0.3) is 0 Å². The van der Waals surface area contributed by atoms with E-state index in [0.717, 1.165) is 5.56 Å². The average molecular weight is 248 g/mol. The first-order chi connectivity index (χ1) is 6.19. The van der Waals surface area contributed by atoms with E-state index >= 15 is 0 Å². The van der Waals surface area contributed by atoms with Crippen molar-refractivity contribution in [1.29, 1.82) is 0 Å². The second kappa shape index (κ2) is 4.69. The number of nitrogens with one attached hydrogen (secondary N) is 1. The molecule has 13 heavy (non-hydrogen) atoms. The van der Waals surface area contributed by atoms with Gasteiger partial charge in [-0.1, -0.05) is 22.0 Å². The highest BCUT2D eigenvalue weighted by atomic mass is 79.9. The van der Waals surface area contributed by atoms with Crippen LogP contribution in [0.2, 0.25) is 0 Å². The Hall–Kier alpha value is -0.450. The summed E-state index contributed by atoms with van der Waals surface area (Å²) in [5, 5.41) is 11.9. The van der Waals surface area contributed by atoms with E-state index in [0.29, 0.717) is 4.47 Å². The number of aliphatic hydroxyl groups is 1. The maximum absolute atomic E-state index is 12.7. The van der Waals surface area contributed by atoms with Gasteiger partial charge in [-0.3, -0.25) is 0 Å². The van der Waals surface area contributed by atoms with Gasteiger partial charge in [-0.2, -0.15) is 0 Å². The molecule has 72 valence electrons. The van der Waals surface area contributed by atoms with Crippen LogP contribution in [0.4, 0.5) is 4.39 Å². The summed E-state index contributed by atoms with van der Waals surface area (Å²) in [7, 11) is 1.75. The number of aliphatic hydroxyl groups excluding tert-OH is 1. The lowest BCUT2D eigenvalue weighted by molar-refractivity contribution is 0.250. The molecule has 1 unspecified atom stereocenters. The minimum Gasteiger partial charge on any atom is -0.394 e. The zero-order chi connectivity index (χ0) is 9.84. The number of benzene rings is 1. The molecule has 0 saturated heterocycles. The van der Waals surface area contributed by atoms with Gasteiger partial charge in [0, 0.05) is 4.47 Å². The Morgan fingerprint density at radius 2 is 2.31 bits per heavy atom. The van der Waals surface area contributed by atoms with Crippen molar-refractivity contribution >= 4 is 15.9 Å². The summed E-state index contributed by atoms with van der Waals surface area (Å²) in [5.41, 5.74) is 0.853. The van der Waals surface area contributed by atoms with Gasteiger partial charge in [-0.15, -0.1) is 0 Å². The normalized spacial score (nSPS) is 12.9. The third kappa shape index (κ3) is 2.49. The van der Waals surface area contributed by atoms with Crippen molar-refractivity contribution in [3.8, 4) is 0 Å². The number of hydrogen-bond acceptors (Lipinski definition) is 2. The van der Waals surface area contributed by atoms with Crippen molar-refractivity contribution < 1.29 is 9.50 Å². The largest absolute Gasteiger partial charge is 0.394 e. The summed E-state index contributed by atoms with van der Waals surface area (Å²) in [6, 6.07) is 4.25. The number of likely N-dealkylation sites (N-methyl/N-ethyl adjacent to an activating group) is 1. The summed E-state index contributed by atoms with van der Waals surface area (Å²) in [6.45, 7) is -0.0132. The third-order valence-electron chi connectivity index (χ3n) is 1.87. The molecule has 0 heterocycles. The minimum atomic E-state index is -0.289. The zero-order valence-electron chi connectivity index (χ0n) is 7.22. The molecule has 0 saturated carbocycles. The first kappa shape index (κ1) is 10.6. The topological polar surface area (TPSA) is 32.3 Å². The number of rotatable bonds is 3. The van der Waals surface area contributed by atoms with Gasteiger partial charge in [0.1, 0.15) is 5.82 Å². The van der Waals surface area contributed by atoms with Gasteiger partial charge in [0.2, 0.25) is 0 Å². The van der Waals surface area contributed by atoms with Gasteiger partial charge in [-0.05, 0) is 24.7 Å². The van der Waals surface area contributed by atoms with Crippen LogP contribution >= 0.6 is 15.9 Å². The van der Waals surface area contributed by atoms with Gasteiger partial charge in [-0.25, -0.2) is 4.39 Å². The van der Waals surface area contributed by atoms with E-state index in [-0.39, 0.29) is 18.5 Å². The summed E-state index contributed by atoms with van der Waals surface area (Å²) in [6.07, 6.45) is 0. The van der Waals surface area contributed by atoms with Crippen LogP contribution in [-0.2, 0) is 0 Å². The molecule has 0 aliphatic carbocycles. The minimum absolute atomic E-state index is 0.0132. The van der Waals surface area contributed by atoms with Gasteiger partial charge in [0.25, 0.3) is 0 Å².